The zero-order chi connectivity index (χ0) is 18.5. The Hall–Kier alpha value is -2.24. The van der Waals surface area contributed by atoms with Crippen LogP contribution < -0.4 is 10.1 Å². The van der Waals surface area contributed by atoms with Crippen LogP contribution in [0.3, 0.4) is 0 Å². The summed E-state index contributed by atoms with van der Waals surface area (Å²) in [6, 6.07) is 7.79. The first-order valence-corrected chi connectivity index (χ1v) is 9.59. The predicted octanol–water partition coefficient (Wildman–Crippen LogP) is 2.45. The molecule has 2 atom stereocenters. The summed E-state index contributed by atoms with van der Waals surface area (Å²) in [6.45, 7) is 5.20. The zero-order valence-corrected chi connectivity index (χ0v) is 15.7. The summed E-state index contributed by atoms with van der Waals surface area (Å²) in [5.41, 5.74) is 1.06. The highest BCUT2D eigenvalue weighted by molar-refractivity contribution is 5.83. The number of rotatable bonds is 4. The van der Waals surface area contributed by atoms with Crippen LogP contribution in [0.4, 0.5) is 4.79 Å². The Morgan fingerprint density at radius 1 is 1.15 bits per heavy atom. The molecule has 0 radical (unpaired) electrons. The van der Waals surface area contributed by atoms with Crippen LogP contribution in [0.15, 0.2) is 24.3 Å². The highest BCUT2D eigenvalue weighted by Gasteiger charge is 2.42. The second-order valence-corrected chi connectivity index (χ2v) is 7.12. The molecule has 3 amide bonds. The van der Waals surface area contributed by atoms with Crippen LogP contribution in [0, 0.1) is 5.92 Å². The molecule has 26 heavy (non-hydrogen) atoms. The van der Waals surface area contributed by atoms with E-state index in [1.165, 1.54) is 6.42 Å². The quantitative estimate of drug-likeness (QED) is 0.898. The number of methoxy groups -OCH3 is 1. The molecule has 142 valence electrons. The van der Waals surface area contributed by atoms with Crippen molar-refractivity contribution in [3.05, 3.63) is 29.8 Å². The molecule has 1 aromatic rings. The van der Waals surface area contributed by atoms with E-state index in [0.717, 1.165) is 37.2 Å². The number of hydrogen-bond acceptors (Lipinski definition) is 3. The first kappa shape index (κ1) is 18.5. The van der Waals surface area contributed by atoms with Gasteiger partial charge in [0.25, 0.3) is 0 Å². The van der Waals surface area contributed by atoms with Crippen LogP contribution in [0.1, 0.15) is 37.7 Å². The number of nitrogens with zero attached hydrogens (tertiary/aromatic N) is 2. The van der Waals surface area contributed by atoms with E-state index in [1.54, 1.807) is 12.0 Å². The third-order valence-electron chi connectivity index (χ3n) is 5.44. The van der Waals surface area contributed by atoms with E-state index in [-0.39, 0.29) is 23.8 Å². The Labute approximate surface area is 155 Å². The summed E-state index contributed by atoms with van der Waals surface area (Å²) in [7, 11) is 1.64. The maximum Gasteiger partial charge on any atom is 0.317 e. The smallest absolute Gasteiger partial charge is 0.317 e. The summed E-state index contributed by atoms with van der Waals surface area (Å²) in [6.07, 6.45) is 3.34. The van der Waals surface area contributed by atoms with Crippen LogP contribution in [-0.2, 0) is 4.79 Å². The first-order chi connectivity index (χ1) is 12.6. The molecule has 0 saturated carbocycles. The van der Waals surface area contributed by atoms with Gasteiger partial charge in [0, 0.05) is 38.6 Å². The molecule has 1 N–H and O–H groups in total. The molecule has 2 aliphatic heterocycles. The Kier molecular flexibility index (Phi) is 6.01. The van der Waals surface area contributed by atoms with Gasteiger partial charge in [-0.3, -0.25) is 4.79 Å². The fourth-order valence-corrected chi connectivity index (χ4v) is 4.04. The van der Waals surface area contributed by atoms with Crippen LogP contribution in [0.2, 0.25) is 0 Å². The van der Waals surface area contributed by atoms with Gasteiger partial charge in [0.1, 0.15) is 5.75 Å². The van der Waals surface area contributed by atoms with Crippen LogP contribution in [-0.4, -0.2) is 61.6 Å². The average molecular weight is 359 g/mol. The Morgan fingerprint density at radius 3 is 2.62 bits per heavy atom. The third kappa shape index (κ3) is 3.94. The van der Waals surface area contributed by atoms with Crippen molar-refractivity contribution in [2.75, 3.05) is 39.8 Å². The van der Waals surface area contributed by atoms with Crippen molar-refractivity contribution in [2.45, 2.75) is 32.1 Å². The summed E-state index contributed by atoms with van der Waals surface area (Å²) < 4.78 is 5.35. The lowest BCUT2D eigenvalue weighted by atomic mass is 9.87. The van der Waals surface area contributed by atoms with E-state index in [1.807, 2.05) is 36.1 Å². The number of likely N-dealkylation sites (tertiary alicyclic amines) is 2. The second kappa shape index (κ2) is 8.43. The van der Waals surface area contributed by atoms with Crippen molar-refractivity contribution < 1.29 is 14.3 Å². The third-order valence-corrected chi connectivity index (χ3v) is 5.44. The van der Waals surface area contributed by atoms with E-state index >= 15 is 0 Å². The molecule has 0 bridgehead atoms. The fraction of sp³-hybridized carbons (Fsp3) is 0.600. The van der Waals surface area contributed by atoms with E-state index in [0.29, 0.717) is 19.6 Å². The summed E-state index contributed by atoms with van der Waals surface area (Å²) >= 11 is 0. The minimum atomic E-state index is -0.192. The molecular weight excluding hydrogens is 330 g/mol. The van der Waals surface area contributed by atoms with Gasteiger partial charge in [-0.1, -0.05) is 12.1 Å². The minimum absolute atomic E-state index is 0.00197. The van der Waals surface area contributed by atoms with Crippen molar-refractivity contribution in [1.29, 1.82) is 0 Å². The number of carbonyl (C=O) groups is 2. The topological polar surface area (TPSA) is 61.9 Å². The van der Waals surface area contributed by atoms with Gasteiger partial charge in [-0.25, -0.2) is 4.79 Å². The molecule has 0 spiro atoms. The highest BCUT2D eigenvalue weighted by Crippen LogP contribution is 2.35. The number of ether oxygens (including phenoxy) is 1. The molecule has 3 rings (SSSR count). The molecule has 0 aliphatic carbocycles. The normalized spacial score (nSPS) is 23.0. The molecule has 0 aromatic heterocycles. The SMILES string of the molecule is CCNC(=O)N1CC(C(=O)N2CCCCC2)C(c2cccc(OC)c2)C1. The molecule has 2 aliphatic rings. The van der Waals surface area contributed by atoms with Gasteiger partial charge >= 0.3 is 6.03 Å². The van der Waals surface area contributed by atoms with E-state index in [2.05, 4.69) is 5.32 Å². The van der Waals surface area contributed by atoms with Gasteiger partial charge in [-0.05, 0) is 43.9 Å². The second-order valence-electron chi connectivity index (χ2n) is 7.12. The molecule has 6 nitrogen and oxygen atoms in total. The van der Waals surface area contributed by atoms with Crippen molar-refractivity contribution in [1.82, 2.24) is 15.1 Å². The van der Waals surface area contributed by atoms with Crippen molar-refractivity contribution >= 4 is 11.9 Å². The monoisotopic (exact) mass is 359 g/mol. The van der Waals surface area contributed by atoms with Gasteiger partial charge in [0.15, 0.2) is 0 Å². The predicted molar refractivity (Wildman–Crippen MR) is 100 cm³/mol. The number of nitrogens with one attached hydrogen (secondary N) is 1. The molecular formula is C20H29N3O3. The Bertz CT molecular complexity index is 643. The van der Waals surface area contributed by atoms with Gasteiger partial charge in [-0.15, -0.1) is 0 Å². The lowest BCUT2D eigenvalue weighted by molar-refractivity contribution is -0.136. The van der Waals surface area contributed by atoms with Gasteiger partial charge < -0.3 is 19.9 Å². The summed E-state index contributed by atoms with van der Waals surface area (Å²) in [5.74, 6) is 0.775. The first-order valence-electron chi connectivity index (χ1n) is 9.59. The zero-order valence-electron chi connectivity index (χ0n) is 15.7. The average Bonchev–Trinajstić information content (AvgIpc) is 3.14. The molecule has 6 heteroatoms. The number of carbonyl (C=O) groups excluding carboxylic acids is 2. The number of benzene rings is 1. The van der Waals surface area contributed by atoms with Crippen molar-refractivity contribution in [3.8, 4) is 5.75 Å². The molecule has 1 aromatic carbocycles. The Balaban J connectivity index is 1.84. The lowest BCUT2D eigenvalue weighted by Gasteiger charge is -2.31. The highest BCUT2D eigenvalue weighted by atomic mass is 16.5. The summed E-state index contributed by atoms with van der Waals surface area (Å²) in [5, 5.41) is 2.86. The van der Waals surface area contributed by atoms with Gasteiger partial charge in [0.05, 0.1) is 13.0 Å². The molecule has 2 fully saturated rings. The largest absolute Gasteiger partial charge is 0.497 e. The number of urea groups is 1. The fourth-order valence-electron chi connectivity index (χ4n) is 4.04. The van der Waals surface area contributed by atoms with Gasteiger partial charge in [0.2, 0.25) is 5.91 Å². The number of amides is 3. The standard InChI is InChI=1S/C20H29N3O3/c1-3-21-20(25)23-13-17(15-8-7-9-16(12-15)26-2)18(14-23)19(24)22-10-5-4-6-11-22/h7-9,12,17-18H,3-6,10-11,13-14H2,1-2H3,(H,21,25). The van der Waals surface area contributed by atoms with E-state index in [4.69, 9.17) is 4.74 Å². The maximum atomic E-state index is 13.2. The van der Waals surface area contributed by atoms with E-state index in [9.17, 15) is 9.59 Å². The van der Waals surface area contributed by atoms with Gasteiger partial charge in [-0.2, -0.15) is 0 Å². The maximum absolute atomic E-state index is 13.2. The van der Waals surface area contributed by atoms with E-state index < -0.39 is 0 Å². The Morgan fingerprint density at radius 2 is 1.92 bits per heavy atom. The summed E-state index contributed by atoms with van der Waals surface area (Å²) in [4.78, 5) is 29.3. The van der Waals surface area contributed by atoms with Crippen LogP contribution in [0.5, 0.6) is 5.75 Å². The number of hydrogen-bond donors (Lipinski definition) is 1. The molecule has 2 saturated heterocycles. The van der Waals surface area contributed by atoms with Crippen LogP contribution >= 0.6 is 0 Å². The van der Waals surface area contributed by atoms with Crippen molar-refractivity contribution in [3.63, 3.8) is 0 Å². The van der Waals surface area contributed by atoms with Crippen LogP contribution in [0.25, 0.3) is 0 Å². The molecule has 2 heterocycles. The lowest BCUT2D eigenvalue weighted by Crippen LogP contribution is -2.43. The minimum Gasteiger partial charge on any atom is -0.497 e. The van der Waals surface area contributed by atoms with Crippen molar-refractivity contribution in [2.24, 2.45) is 5.92 Å². The number of piperidine rings is 1. The molecule has 2 unspecified atom stereocenters.